The van der Waals surface area contributed by atoms with Crippen LogP contribution in [0.2, 0.25) is 5.02 Å². The Balaban J connectivity index is 2.05. The van der Waals surface area contributed by atoms with Gasteiger partial charge in [0.1, 0.15) is 11.8 Å². The molecule has 9 heteroatoms. The van der Waals surface area contributed by atoms with Gasteiger partial charge < -0.3 is 5.73 Å². The van der Waals surface area contributed by atoms with E-state index in [1.165, 1.54) is 0 Å². The van der Waals surface area contributed by atoms with Crippen molar-refractivity contribution in [1.82, 2.24) is 29.9 Å². The lowest BCUT2D eigenvalue weighted by Gasteiger charge is -2.11. The van der Waals surface area contributed by atoms with Crippen LogP contribution in [0.25, 0.3) is 33.5 Å². The fourth-order valence-corrected chi connectivity index (χ4v) is 2.94. The Labute approximate surface area is 146 Å². The SMILES string of the molecule is Cn1nccc1-c1nc(N)c(C#N)nc1-c1cc(Cl)c2[nH]ncc2c1. The summed E-state index contributed by atoms with van der Waals surface area (Å²) in [6.07, 6.45) is 3.33. The zero-order valence-corrected chi connectivity index (χ0v) is 13.8. The largest absolute Gasteiger partial charge is 0.381 e. The zero-order chi connectivity index (χ0) is 17.6. The van der Waals surface area contributed by atoms with Gasteiger partial charge in [-0.1, -0.05) is 11.6 Å². The molecule has 0 saturated heterocycles. The molecule has 0 radical (unpaired) electrons. The Morgan fingerprint density at radius 3 is 2.84 bits per heavy atom. The van der Waals surface area contributed by atoms with Crippen LogP contribution in [0, 0.1) is 11.3 Å². The number of nitrogens with one attached hydrogen (secondary N) is 1. The molecule has 3 aromatic heterocycles. The van der Waals surface area contributed by atoms with Gasteiger partial charge in [-0.25, -0.2) is 9.97 Å². The molecule has 0 aliphatic heterocycles. The van der Waals surface area contributed by atoms with Crippen LogP contribution >= 0.6 is 11.6 Å². The average molecular weight is 351 g/mol. The first-order valence-corrected chi connectivity index (χ1v) is 7.65. The maximum atomic E-state index is 9.27. The number of nitriles is 1. The minimum Gasteiger partial charge on any atom is -0.381 e. The third-order valence-corrected chi connectivity index (χ3v) is 4.16. The van der Waals surface area contributed by atoms with E-state index in [0.717, 1.165) is 16.6 Å². The smallest absolute Gasteiger partial charge is 0.183 e. The van der Waals surface area contributed by atoms with Crippen LogP contribution in [0.15, 0.2) is 30.6 Å². The standard InChI is InChI=1S/C16H11ClN8/c1-25-12(2-3-21-25)15-14(22-11(6-18)16(19)23-15)8-4-9-7-20-24-13(9)10(17)5-8/h2-5,7H,1H3,(H2,19,23)(H,20,24). The van der Waals surface area contributed by atoms with Gasteiger partial charge in [-0.15, -0.1) is 0 Å². The molecule has 0 unspecified atom stereocenters. The number of halogens is 1. The summed E-state index contributed by atoms with van der Waals surface area (Å²) in [4.78, 5) is 8.80. The molecule has 8 nitrogen and oxygen atoms in total. The van der Waals surface area contributed by atoms with Gasteiger partial charge in [-0.05, 0) is 18.2 Å². The third-order valence-electron chi connectivity index (χ3n) is 3.87. The van der Waals surface area contributed by atoms with E-state index in [-0.39, 0.29) is 11.5 Å². The Bertz CT molecular complexity index is 1150. The average Bonchev–Trinajstić information content (AvgIpc) is 3.23. The number of nitrogen functional groups attached to an aromatic ring is 1. The van der Waals surface area contributed by atoms with Gasteiger partial charge in [0.2, 0.25) is 0 Å². The number of hydrogen-bond acceptors (Lipinski definition) is 6. The molecule has 0 aliphatic rings. The van der Waals surface area contributed by atoms with Crippen molar-refractivity contribution in [2.45, 2.75) is 0 Å². The van der Waals surface area contributed by atoms with Gasteiger partial charge in [0.15, 0.2) is 11.5 Å². The molecular weight excluding hydrogens is 340 g/mol. The van der Waals surface area contributed by atoms with E-state index in [1.807, 2.05) is 12.1 Å². The van der Waals surface area contributed by atoms with Crippen molar-refractivity contribution in [2.24, 2.45) is 7.05 Å². The molecule has 0 fully saturated rings. The highest BCUT2D eigenvalue weighted by molar-refractivity contribution is 6.35. The van der Waals surface area contributed by atoms with Gasteiger partial charge in [0.05, 0.1) is 28.1 Å². The molecule has 0 atom stereocenters. The molecule has 0 amide bonds. The number of hydrogen-bond donors (Lipinski definition) is 2. The second kappa shape index (κ2) is 5.58. The molecule has 0 aliphatic carbocycles. The van der Waals surface area contributed by atoms with Gasteiger partial charge in [-0.3, -0.25) is 9.78 Å². The van der Waals surface area contributed by atoms with Crippen LogP contribution in [0.3, 0.4) is 0 Å². The van der Waals surface area contributed by atoms with Crippen molar-refractivity contribution in [3.63, 3.8) is 0 Å². The van der Waals surface area contributed by atoms with E-state index in [1.54, 1.807) is 36.3 Å². The predicted octanol–water partition coefficient (Wildman–Crippen LogP) is 2.53. The van der Waals surface area contributed by atoms with Crippen molar-refractivity contribution >= 4 is 28.3 Å². The fraction of sp³-hybridized carbons (Fsp3) is 0.0625. The lowest BCUT2D eigenvalue weighted by molar-refractivity contribution is 0.773. The summed E-state index contributed by atoms with van der Waals surface area (Å²) in [6, 6.07) is 7.40. The van der Waals surface area contributed by atoms with E-state index >= 15 is 0 Å². The minimum absolute atomic E-state index is 0.0596. The highest BCUT2D eigenvalue weighted by atomic mass is 35.5. The minimum atomic E-state index is 0.0596. The highest BCUT2D eigenvalue weighted by Gasteiger charge is 2.19. The van der Waals surface area contributed by atoms with Crippen LogP contribution in [0.5, 0.6) is 0 Å². The van der Waals surface area contributed by atoms with Gasteiger partial charge in [0.25, 0.3) is 0 Å². The van der Waals surface area contributed by atoms with Crippen molar-refractivity contribution < 1.29 is 0 Å². The number of aryl methyl sites for hydroxylation is 1. The van der Waals surface area contributed by atoms with Crippen molar-refractivity contribution in [1.29, 1.82) is 5.26 Å². The van der Waals surface area contributed by atoms with E-state index in [4.69, 9.17) is 17.3 Å². The van der Waals surface area contributed by atoms with Gasteiger partial charge in [-0.2, -0.15) is 15.5 Å². The Kier molecular flexibility index (Phi) is 3.37. The number of benzene rings is 1. The number of aromatic nitrogens is 6. The monoisotopic (exact) mass is 350 g/mol. The van der Waals surface area contributed by atoms with Crippen LogP contribution < -0.4 is 5.73 Å². The first kappa shape index (κ1) is 15.1. The van der Waals surface area contributed by atoms with E-state index in [9.17, 15) is 5.26 Å². The number of aromatic amines is 1. The summed E-state index contributed by atoms with van der Waals surface area (Å²) in [6.45, 7) is 0. The van der Waals surface area contributed by atoms with E-state index in [2.05, 4.69) is 25.3 Å². The molecular formula is C16H11ClN8. The van der Waals surface area contributed by atoms with Crippen LogP contribution in [-0.4, -0.2) is 29.9 Å². The van der Waals surface area contributed by atoms with Gasteiger partial charge in [0, 0.05) is 24.2 Å². The molecule has 0 saturated carbocycles. The number of H-pyrrole nitrogens is 1. The summed E-state index contributed by atoms with van der Waals surface area (Å²) in [5, 5.41) is 21.6. The van der Waals surface area contributed by atoms with Crippen LogP contribution in [0.1, 0.15) is 5.69 Å². The van der Waals surface area contributed by atoms with Crippen molar-refractivity contribution in [3.8, 4) is 28.7 Å². The normalized spacial score (nSPS) is 10.9. The fourth-order valence-electron chi connectivity index (χ4n) is 2.67. The maximum absolute atomic E-state index is 9.27. The van der Waals surface area contributed by atoms with Crippen molar-refractivity contribution in [2.75, 3.05) is 5.73 Å². The number of anilines is 1. The Hall–Kier alpha value is -3.44. The van der Waals surface area contributed by atoms with E-state index < -0.39 is 0 Å². The molecule has 3 N–H and O–H groups in total. The summed E-state index contributed by atoms with van der Waals surface area (Å²) in [7, 11) is 1.79. The predicted molar refractivity (Wildman–Crippen MR) is 93.5 cm³/mol. The summed E-state index contributed by atoms with van der Waals surface area (Å²) in [5.74, 6) is 0.0675. The number of fused-ring (bicyclic) bond motifs is 1. The number of rotatable bonds is 2. The first-order valence-electron chi connectivity index (χ1n) is 7.27. The quantitative estimate of drug-likeness (QED) is 0.572. The van der Waals surface area contributed by atoms with Crippen LogP contribution in [0.4, 0.5) is 5.82 Å². The topological polar surface area (TPSA) is 122 Å². The summed E-state index contributed by atoms with van der Waals surface area (Å²) >= 11 is 6.34. The van der Waals surface area contributed by atoms with Crippen LogP contribution in [-0.2, 0) is 7.05 Å². The number of nitrogens with zero attached hydrogens (tertiary/aromatic N) is 6. The molecule has 0 bridgehead atoms. The number of nitrogens with two attached hydrogens (primary N) is 1. The Morgan fingerprint density at radius 1 is 1.28 bits per heavy atom. The Morgan fingerprint density at radius 2 is 2.12 bits per heavy atom. The third kappa shape index (κ3) is 2.38. The molecule has 3 heterocycles. The highest BCUT2D eigenvalue weighted by Crippen LogP contribution is 2.34. The maximum Gasteiger partial charge on any atom is 0.183 e. The van der Waals surface area contributed by atoms with Gasteiger partial charge >= 0.3 is 0 Å². The molecule has 4 aromatic rings. The van der Waals surface area contributed by atoms with E-state index in [0.29, 0.717) is 22.0 Å². The lowest BCUT2D eigenvalue weighted by atomic mass is 10.1. The molecule has 4 rings (SSSR count). The zero-order valence-electron chi connectivity index (χ0n) is 13.0. The molecule has 1 aromatic carbocycles. The first-order chi connectivity index (χ1) is 12.1. The summed E-state index contributed by atoms with van der Waals surface area (Å²) in [5.41, 5.74) is 9.12. The second-order valence-electron chi connectivity index (χ2n) is 5.40. The summed E-state index contributed by atoms with van der Waals surface area (Å²) < 4.78 is 1.66. The molecule has 0 spiro atoms. The van der Waals surface area contributed by atoms with Crippen molar-refractivity contribution in [3.05, 3.63) is 41.3 Å². The lowest BCUT2D eigenvalue weighted by Crippen LogP contribution is -2.05. The molecule has 122 valence electrons. The second-order valence-corrected chi connectivity index (χ2v) is 5.81. The molecule has 25 heavy (non-hydrogen) atoms.